The third kappa shape index (κ3) is 4.57. The molecule has 1 aromatic rings. The van der Waals surface area contributed by atoms with Crippen LogP contribution in [0.3, 0.4) is 0 Å². The molecule has 0 bridgehead atoms. The van der Waals surface area contributed by atoms with Gasteiger partial charge in [0.25, 0.3) is 11.8 Å². The second-order valence-electron chi connectivity index (χ2n) is 4.04. The van der Waals surface area contributed by atoms with Gasteiger partial charge in [-0.3, -0.25) is 9.59 Å². The SMILES string of the molecule is CCCNC(=O)c1cc(C(=O)NCCC)oc(=O)c1. The first-order chi connectivity index (χ1) is 9.08. The molecule has 0 fully saturated rings. The average Bonchev–Trinajstić information content (AvgIpc) is 2.41. The Morgan fingerprint density at radius 1 is 1.05 bits per heavy atom. The van der Waals surface area contributed by atoms with Gasteiger partial charge in [0, 0.05) is 19.2 Å². The van der Waals surface area contributed by atoms with Crippen LogP contribution in [0.25, 0.3) is 0 Å². The largest absolute Gasteiger partial charge is 0.417 e. The van der Waals surface area contributed by atoms with Crippen molar-refractivity contribution in [2.24, 2.45) is 0 Å². The Bertz CT molecular complexity index is 466. The van der Waals surface area contributed by atoms with Crippen molar-refractivity contribution < 1.29 is 14.0 Å². The van der Waals surface area contributed by atoms with Crippen LogP contribution in [-0.2, 0) is 0 Å². The van der Waals surface area contributed by atoms with E-state index in [1.807, 2.05) is 13.8 Å². The average molecular weight is 266 g/mol. The number of rotatable bonds is 6. The first-order valence-electron chi connectivity index (χ1n) is 6.30. The summed E-state index contributed by atoms with van der Waals surface area (Å²) in [5, 5.41) is 5.22. The highest BCUT2D eigenvalue weighted by Crippen LogP contribution is 2.02. The molecule has 0 atom stereocenters. The molecule has 0 aliphatic carbocycles. The number of nitrogens with one attached hydrogen (secondary N) is 2. The van der Waals surface area contributed by atoms with Gasteiger partial charge in [0.1, 0.15) is 0 Å². The van der Waals surface area contributed by atoms with Gasteiger partial charge in [0.2, 0.25) is 0 Å². The molecule has 0 aliphatic rings. The molecular formula is C13H18N2O4. The zero-order chi connectivity index (χ0) is 14.3. The maximum Gasteiger partial charge on any atom is 0.337 e. The molecule has 0 radical (unpaired) electrons. The molecule has 0 aliphatic heterocycles. The Kier molecular flexibility index (Phi) is 5.78. The Morgan fingerprint density at radius 2 is 1.63 bits per heavy atom. The van der Waals surface area contributed by atoms with Crippen LogP contribution in [-0.4, -0.2) is 24.9 Å². The number of hydrogen-bond acceptors (Lipinski definition) is 4. The molecule has 1 aromatic heterocycles. The lowest BCUT2D eigenvalue weighted by Crippen LogP contribution is -2.28. The van der Waals surface area contributed by atoms with Crippen LogP contribution < -0.4 is 16.3 Å². The third-order valence-corrected chi connectivity index (χ3v) is 2.33. The van der Waals surface area contributed by atoms with Gasteiger partial charge >= 0.3 is 5.63 Å². The first-order valence-corrected chi connectivity index (χ1v) is 6.30. The van der Waals surface area contributed by atoms with E-state index in [1.54, 1.807) is 0 Å². The highest BCUT2D eigenvalue weighted by molar-refractivity contribution is 5.97. The topological polar surface area (TPSA) is 88.4 Å². The van der Waals surface area contributed by atoms with E-state index in [1.165, 1.54) is 6.07 Å². The molecule has 1 rings (SSSR count). The Hall–Kier alpha value is -2.11. The number of hydrogen-bond donors (Lipinski definition) is 2. The molecule has 0 spiro atoms. The highest BCUT2D eigenvalue weighted by atomic mass is 16.4. The molecule has 19 heavy (non-hydrogen) atoms. The number of carbonyl (C=O) groups is 2. The predicted molar refractivity (Wildman–Crippen MR) is 70.2 cm³/mol. The van der Waals surface area contributed by atoms with Gasteiger partial charge in [-0.1, -0.05) is 13.8 Å². The molecule has 0 saturated heterocycles. The van der Waals surface area contributed by atoms with Crippen LogP contribution in [0, 0.1) is 0 Å². The van der Waals surface area contributed by atoms with E-state index in [2.05, 4.69) is 10.6 Å². The minimum absolute atomic E-state index is 0.131. The van der Waals surface area contributed by atoms with E-state index in [-0.39, 0.29) is 17.2 Å². The van der Waals surface area contributed by atoms with Crippen LogP contribution in [0.4, 0.5) is 0 Å². The monoisotopic (exact) mass is 266 g/mol. The van der Waals surface area contributed by atoms with Crippen LogP contribution in [0.1, 0.15) is 47.6 Å². The number of amides is 2. The summed E-state index contributed by atoms with van der Waals surface area (Å²) in [6.07, 6.45) is 1.56. The fraction of sp³-hybridized carbons (Fsp3) is 0.462. The summed E-state index contributed by atoms with van der Waals surface area (Å²) >= 11 is 0. The first kappa shape index (κ1) is 14.9. The molecule has 0 unspecified atom stereocenters. The lowest BCUT2D eigenvalue weighted by atomic mass is 10.2. The lowest BCUT2D eigenvalue weighted by Gasteiger charge is -2.05. The van der Waals surface area contributed by atoms with E-state index in [9.17, 15) is 14.4 Å². The summed E-state index contributed by atoms with van der Waals surface area (Å²) in [5.41, 5.74) is -0.586. The van der Waals surface area contributed by atoms with Gasteiger partial charge in [-0.05, 0) is 18.9 Å². The molecule has 104 valence electrons. The lowest BCUT2D eigenvalue weighted by molar-refractivity contribution is 0.0920. The van der Waals surface area contributed by atoms with E-state index in [0.717, 1.165) is 18.9 Å². The van der Waals surface area contributed by atoms with Gasteiger partial charge in [-0.25, -0.2) is 4.79 Å². The molecule has 6 heteroatoms. The van der Waals surface area contributed by atoms with Crippen LogP contribution in [0.2, 0.25) is 0 Å². The van der Waals surface area contributed by atoms with Crippen molar-refractivity contribution in [1.29, 1.82) is 0 Å². The Labute approximate surface area is 111 Å². The maximum atomic E-state index is 11.7. The third-order valence-electron chi connectivity index (χ3n) is 2.33. The smallest absolute Gasteiger partial charge is 0.337 e. The molecule has 0 saturated carbocycles. The van der Waals surface area contributed by atoms with E-state index < -0.39 is 11.5 Å². The minimum Gasteiger partial charge on any atom is -0.417 e. The van der Waals surface area contributed by atoms with Gasteiger partial charge in [-0.15, -0.1) is 0 Å². The minimum atomic E-state index is -0.717. The van der Waals surface area contributed by atoms with Crippen LogP contribution in [0.15, 0.2) is 21.3 Å². The zero-order valence-corrected chi connectivity index (χ0v) is 11.1. The van der Waals surface area contributed by atoms with Gasteiger partial charge in [0.15, 0.2) is 5.76 Å². The molecule has 1 heterocycles. The van der Waals surface area contributed by atoms with Crippen molar-refractivity contribution in [2.75, 3.05) is 13.1 Å². The van der Waals surface area contributed by atoms with E-state index >= 15 is 0 Å². The molecule has 6 nitrogen and oxygen atoms in total. The van der Waals surface area contributed by atoms with Gasteiger partial charge in [0.05, 0.1) is 5.56 Å². The normalized spacial score (nSPS) is 10.0. The standard InChI is InChI=1S/C13H18N2O4/c1-3-5-14-12(17)9-7-10(19-11(16)8-9)13(18)15-6-4-2/h7-8H,3-6H2,1-2H3,(H,14,17)(H,15,18). The van der Waals surface area contributed by atoms with Crippen LogP contribution in [0.5, 0.6) is 0 Å². The van der Waals surface area contributed by atoms with Crippen molar-refractivity contribution >= 4 is 11.8 Å². The molecule has 2 N–H and O–H groups in total. The Balaban J connectivity index is 2.90. The Morgan fingerprint density at radius 3 is 2.21 bits per heavy atom. The molecule has 0 aromatic carbocycles. The van der Waals surface area contributed by atoms with Gasteiger partial charge in [-0.2, -0.15) is 0 Å². The second kappa shape index (κ2) is 7.35. The van der Waals surface area contributed by atoms with Crippen molar-refractivity contribution in [2.45, 2.75) is 26.7 Å². The zero-order valence-electron chi connectivity index (χ0n) is 11.1. The van der Waals surface area contributed by atoms with Crippen molar-refractivity contribution in [3.8, 4) is 0 Å². The van der Waals surface area contributed by atoms with Crippen molar-refractivity contribution in [3.63, 3.8) is 0 Å². The highest BCUT2D eigenvalue weighted by Gasteiger charge is 2.14. The second-order valence-corrected chi connectivity index (χ2v) is 4.04. The summed E-state index contributed by atoms with van der Waals surface area (Å²) in [6, 6.07) is 2.35. The van der Waals surface area contributed by atoms with Crippen molar-refractivity contribution in [3.05, 3.63) is 33.9 Å². The number of carbonyl (C=O) groups excluding carboxylic acids is 2. The summed E-state index contributed by atoms with van der Waals surface area (Å²) in [4.78, 5) is 34.7. The summed E-state index contributed by atoms with van der Waals surface area (Å²) in [5.74, 6) is -1.04. The maximum absolute atomic E-state index is 11.7. The summed E-state index contributed by atoms with van der Waals surface area (Å²) in [7, 11) is 0. The molecule has 2 amide bonds. The van der Waals surface area contributed by atoms with Crippen LogP contribution >= 0.6 is 0 Å². The fourth-order valence-electron chi connectivity index (χ4n) is 1.39. The van der Waals surface area contributed by atoms with E-state index in [4.69, 9.17) is 4.42 Å². The quantitative estimate of drug-likeness (QED) is 0.801. The summed E-state index contributed by atoms with van der Waals surface area (Å²) in [6.45, 7) is 4.82. The molecular weight excluding hydrogens is 248 g/mol. The fourth-order valence-corrected chi connectivity index (χ4v) is 1.39. The predicted octanol–water partition coefficient (Wildman–Crippen LogP) is 0.919. The summed E-state index contributed by atoms with van der Waals surface area (Å²) < 4.78 is 4.78. The van der Waals surface area contributed by atoms with Crippen molar-refractivity contribution in [1.82, 2.24) is 10.6 Å². The van der Waals surface area contributed by atoms with Gasteiger partial charge < -0.3 is 15.1 Å². The van der Waals surface area contributed by atoms with E-state index in [0.29, 0.717) is 13.1 Å².